The van der Waals surface area contributed by atoms with Gasteiger partial charge >= 0.3 is 0 Å². The van der Waals surface area contributed by atoms with Gasteiger partial charge in [-0.05, 0) is 93.3 Å². The molecule has 3 aromatic rings. The number of aryl methyl sites for hydroxylation is 2. The number of ether oxygens (including phenoxy) is 2. The number of rotatable bonds is 7. The maximum atomic E-state index is 12.9. The van der Waals surface area contributed by atoms with E-state index in [2.05, 4.69) is 18.3 Å². The van der Waals surface area contributed by atoms with E-state index in [1.807, 2.05) is 58.0 Å². The zero-order valence-electron chi connectivity index (χ0n) is 18.6. The molecule has 0 aliphatic carbocycles. The molecule has 3 rings (SSSR count). The summed E-state index contributed by atoms with van der Waals surface area (Å²) in [7, 11) is 0. The molecule has 1 amide bonds. The van der Waals surface area contributed by atoms with Crippen LogP contribution in [0.4, 0.5) is 5.69 Å². The van der Waals surface area contributed by atoms with Crippen LogP contribution in [0, 0.1) is 27.7 Å². The molecular weight excluding hydrogens is 410 g/mol. The predicted octanol–water partition coefficient (Wildman–Crippen LogP) is 6.80. The lowest BCUT2D eigenvalue weighted by molar-refractivity contribution is 0.102. The monoisotopic (exact) mass is 437 g/mol. The Balaban J connectivity index is 1.85. The van der Waals surface area contributed by atoms with Crippen molar-refractivity contribution in [2.45, 2.75) is 41.2 Å². The van der Waals surface area contributed by atoms with E-state index in [-0.39, 0.29) is 5.91 Å². The molecule has 0 fully saturated rings. The Hall–Kier alpha value is -2.98. The predicted molar refractivity (Wildman–Crippen MR) is 127 cm³/mol. The maximum absolute atomic E-state index is 12.9. The fraction of sp³-hybridized carbons (Fsp3) is 0.269. The molecule has 31 heavy (non-hydrogen) atoms. The van der Waals surface area contributed by atoms with Gasteiger partial charge in [-0.3, -0.25) is 4.79 Å². The second kappa shape index (κ2) is 9.88. The fourth-order valence-electron chi connectivity index (χ4n) is 3.37. The molecule has 0 aliphatic rings. The average Bonchev–Trinajstić information content (AvgIpc) is 2.73. The first-order valence-corrected chi connectivity index (χ1v) is 10.7. The Labute approximate surface area is 189 Å². The highest BCUT2D eigenvalue weighted by molar-refractivity contribution is 6.31. The highest BCUT2D eigenvalue weighted by Crippen LogP contribution is 2.28. The second-order valence-corrected chi connectivity index (χ2v) is 8.02. The summed E-state index contributed by atoms with van der Waals surface area (Å²) in [5, 5.41) is 3.55. The Morgan fingerprint density at radius 3 is 2.45 bits per heavy atom. The van der Waals surface area contributed by atoms with Crippen molar-refractivity contribution in [3.8, 4) is 11.5 Å². The second-order valence-electron chi connectivity index (χ2n) is 7.62. The van der Waals surface area contributed by atoms with E-state index in [1.54, 1.807) is 12.1 Å². The third-order valence-corrected chi connectivity index (χ3v) is 5.70. The summed E-state index contributed by atoms with van der Waals surface area (Å²) in [5.74, 6) is 1.33. The molecule has 0 aliphatic heterocycles. The van der Waals surface area contributed by atoms with Crippen molar-refractivity contribution in [3.63, 3.8) is 0 Å². The van der Waals surface area contributed by atoms with Gasteiger partial charge in [-0.2, -0.15) is 0 Å². The number of hydrogen-bond donors (Lipinski definition) is 1. The van der Waals surface area contributed by atoms with Gasteiger partial charge in [0.2, 0.25) is 0 Å². The first-order chi connectivity index (χ1) is 14.8. The fourth-order valence-corrected chi connectivity index (χ4v) is 3.55. The van der Waals surface area contributed by atoms with E-state index in [1.165, 1.54) is 5.56 Å². The molecule has 0 saturated carbocycles. The number of hydrogen-bond acceptors (Lipinski definition) is 3. The molecule has 5 heteroatoms. The molecule has 1 N–H and O–H groups in total. The van der Waals surface area contributed by atoms with Gasteiger partial charge in [0.1, 0.15) is 18.1 Å². The third kappa shape index (κ3) is 5.39. The largest absolute Gasteiger partial charge is 0.493 e. The smallest absolute Gasteiger partial charge is 0.255 e. The molecule has 0 aromatic heterocycles. The van der Waals surface area contributed by atoms with Crippen molar-refractivity contribution in [1.29, 1.82) is 0 Å². The molecular formula is C26H28ClNO3. The van der Waals surface area contributed by atoms with Crippen molar-refractivity contribution < 1.29 is 14.3 Å². The maximum Gasteiger partial charge on any atom is 0.255 e. The summed E-state index contributed by atoms with van der Waals surface area (Å²) in [5.41, 5.74) is 6.30. The van der Waals surface area contributed by atoms with E-state index in [9.17, 15) is 4.79 Å². The lowest BCUT2D eigenvalue weighted by atomic mass is 10.1. The Bertz CT molecular complexity index is 1110. The van der Waals surface area contributed by atoms with Crippen molar-refractivity contribution >= 4 is 23.2 Å². The molecule has 0 spiro atoms. The summed E-state index contributed by atoms with van der Waals surface area (Å²) in [6.45, 7) is 10.8. The van der Waals surface area contributed by atoms with Crippen LogP contribution in [0.1, 0.15) is 45.1 Å². The van der Waals surface area contributed by atoms with Crippen LogP contribution in [0.3, 0.4) is 0 Å². The molecule has 0 bridgehead atoms. The minimum absolute atomic E-state index is 0.211. The Morgan fingerprint density at radius 1 is 0.935 bits per heavy atom. The molecule has 3 aromatic carbocycles. The topological polar surface area (TPSA) is 47.6 Å². The zero-order chi connectivity index (χ0) is 22.5. The lowest BCUT2D eigenvalue weighted by Gasteiger charge is -2.16. The summed E-state index contributed by atoms with van der Waals surface area (Å²) in [6.07, 6.45) is 0. The summed E-state index contributed by atoms with van der Waals surface area (Å²) in [6, 6.07) is 15.0. The number of amides is 1. The first-order valence-electron chi connectivity index (χ1n) is 10.3. The summed E-state index contributed by atoms with van der Waals surface area (Å²) < 4.78 is 11.9. The van der Waals surface area contributed by atoms with E-state index in [0.717, 1.165) is 28.0 Å². The van der Waals surface area contributed by atoms with Gasteiger partial charge in [-0.1, -0.05) is 23.7 Å². The van der Waals surface area contributed by atoms with Gasteiger partial charge in [0, 0.05) is 21.8 Å². The van der Waals surface area contributed by atoms with Crippen molar-refractivity contribution in [2.75, 3.05) is 11.9 Å². The molecule has 162 valence electrons. The summed E-state index contributed by atoms with van der Waals surface area (Å²) in [4.78, 5) is 12.9. The number of halogens is 1. The summed E-state index contributed by atoms with van der Waals surface area (Å²) >= 11 is 6.17. The van der Waals surface area contributed by atoms with Gasteiger partial charge in [-0.15, -0.1) is 0 Å². The molecule has 0 atom stereocenters. The first kappa shape index (κ1) is 22.7. The zero-order valence-corrected chi connectivity index (χ0v) is 19.4. The molecule has 4 nitrogen and oxygen atoms in total. The van der Waals surface area contributed by atoms with Gasteiger partial charge in [-0.25, -0.2) is 0 Å². The van der Waals surface area contributed by atoms with Crippen LogP contribution in [0.15, 0.2) is 48.5 Å². The van der Waals surface area contributed by atoms with Crippen LogP contribution in [0.5, 0.6) is 11.5 Å². The lowest BCUT2D eigenvalue weighted by Crippen LogP contribution is -2.14. The van der Waals surface area contributed by atoms with E-state index in [4.69, 9.17) is 21.1 Å². The molecule has 0 radical (unpaired) electrons. The molecule has 0 saturated heterocycles. The number of carbonyl (C=O) groups excluding carboxylic acids is 1. The van der Waals surface area contributed by atoms with Gasteiger partial charge < -0.3 is 14.8 Å². The van der Waals surface area contributed by atoms with E-state index >= 15 is 0 Å². The van der Waals surface area contributed by atoms with Gasteiger partial charge in [0.05, 0.1) is 6.61 Å². The van der Waals surface area contributed by atoms with Crippen molar-refractivity contribution in [2.24, 2.45) is 0 Å². The van der Waals surface area contributed by atoms with Gasteiger partial charge in [0.25, 0.3) is 5.91 Å². The highest BCUT2D eigenvalue weighted by atomic mass is 35.5. The van der Waals surface area contributed by atoms with Crippen LogP contribution in [0.2, 0.25) is 5.02 Å². The van der Waals surface area contributed by atoms with Crippen LogP contribution in [0.25, 0.3) is 0 Å². The quantitative estimate of drug-likeness (QED) is 0.442. The molecule has 0 heterocycles. The normalized spacial score (nSPS) is 10.6. The Morgan fingerprint density at radius 2 is 1.71 bits per heavy atom. The standard InChI is InChI=1S/C26H28ClNO3/c1-6-30-24-11-10-20(26(29)28-23-9-7-8-22(27)19(23)5)14-21(24)15-31-25-13-16(2)12-17(3)18(25)4/h7-14H,6,15H2,1-5H3,(H,28,29). The number of benzene rings is 3. The van der Waals surface area contributed by atoms with Crippen LogP contribution < -0.4 is 14.8 Å². The average molecular weight is 438 g/mol. The van der Waals surface area contributed by atoms with Crippen molar-refractivity contribution in [1.82, 2.24) is 0 Å². The third-order valence-electron chi connectivity index (χ3n) is 5.29. The van der Waals surface area contributed by atoms with E-state index < -0.39 is 0 Å². The molecule has 0 unspecified atom stereocenters. The van der Waals surface area contributed by atoms with Crippen molar-refractivity contribution in [3.05, 3.63) is 86.9 Å². The van der Waals surface area contributed by atoms with Crippen LogP contribution in [-0.4, -0.2) is 12.5 Å². The van der Waals surface area contributed by atoms with Crippen LogP contribution >= 0.6 is 11.6 Å². The minimum atomic E-state index is -0.211. The number of carbonyl (C=O) groups is 1. The number of nitrogens with one attached hydrogen (secondary N) is 1. The SMILES string of the molecule is CCOc1ccc(C(=O)Nc2cccc(Cl)c2C)cc1COc1cc(C)cc(C)c1C. The van der Waals surface area contributed by atoms with Gasteiger partial charge in [0.15, 0.2) is 0 Å². The van der Waals surface area contributed by atoms with Crippen LogP contribution in [-0.2, 0) is 6.61 Å². The van der Waals surface area contributed by atoms with E-state index in [0.29, 0.717) is 35.2 Å². The minimum Gasteiger partial charge on any atom is -0.493 e. The highest BCUT2D eigenvalue weighted by Gasteiger charge is 2.14. The Kier molecular flexibility index (Phi) is 7.24. The number of anilines is 1.